The predicted molar refractivity (Wildman–Crippen MR) is 183 cm³/mol. The molecule has 3 N–H and O–H groups in total. The van der Waals surface area contributed by atoms with E-state index >= 15 is 0 Å². The van der Waals surface area contributed by atoms with Crippen LogP contribution in [0.25, 0.3) is 16.3 Å². The molecular weight excluding hydrogens is 628 g/mol. The van der Waals surface area contributed by atoms with Crippen molar-refractivity contribution in [3.05, 3.63) is 119 Å². The van der Waals surface area contributed by atoms with E-state index in [-0.39, 0.29) is 11.6 Å². The summed E-state index contributed by atoms with van der Waals surface area (Å²) in [6.45, 7) is 4.29. The number of benzene rings is 4. The minimum absolute atomic E-state index is 0.0203. The van der Waals surface area contributed by atoms with Crippen molar-refractivity contribution in [3.63, 3.8) is 0 Å². The van der Waals surface area contributed by atoms with E-state index in [0.29, 0.717) is 33.6 Å². The molecule has 5 aromatic rings. The number of halogens is 1. The molecule has 1 heterocycles. The van der Waals surface area contributed by atoms with Crippen LogP contribution in [0.4, 0.5) is 10.8 Å². The zero-order valence-electron chi connectivity index (χ0n) is 24.4. The first kappa shape index (κ1) is 31.8. The highest BCUT2D eigenvalue weighted by atomic mass is 35.5. The van der Waals surface area contributed by atoms with Crippen LogP contribution in [-0.4, -0.2) is 34.6 Å². The van der Waals surface area contributed by atoms with Crippen LogP contribution in [0.15, 0.2) is 108 Å². The predicted octanol–water partition coefficient (Wildman–Crippen LogP) is 7.88. The van der Waals surface area contributed by atoms with Crippen molar-refractivity contribution < 1.29 is 19.1 Å². The first-order valence-corrected chi connectivity index (χ1v) is 16.1. The third-order valence-corrected chi connectivity index (χ3v) is 8.78. The number of amides is 3. The van der Waals surface area contributed by atoms with E-state index in [1.54, 1.807) is 79.7 Å². The Hall–Kier alpha value is -4.64. The van der Waals surface area contributed by atoms with Crippen molar-refractivity contribution in [3.8, 4) is 5.75 Å². The molecule has 1 atom stereocenters. The fourth-order valence-corrected chi connectivity index (χ4v) is 6.23. The maximum absolute atomic E-state index is 13.4. The van der Waals surface area contributed by atoms with Crippen molar-refractivity contribution in [1.29, 1.82) is 0 Å². The molecule has 1 unspecified atom stereocenters. The van der Waals surface area contributed by atoms with Gasteiger partial charge in [-0.25, -0.2) is 4.98 Å². The number of aromatic nitrogens is 1. The topological polar surface area (TPSA) is 109 Å². The van der Waals surface area contributed by atoms with E-state index in [9.17, 15) is 14.4 Å². The highest BCUT2D eigenvalue weighted by Gasteiger charge is 2.19. The number of nitrogens with one attached hydrogen (secondary N) is 3. The van der Waals surface area contributed by atoms with E-state index in [1.807, 2.05) is 31.2 Å². The second kappa shape index (κ2) is 14.9. The molecule has 0 bridgehead atoms. The number of hydrogen-bond acceptors (Lipinski definition) is 7. The summed E-state index contributed by atoms with van der Waals surface area (Å²) in [7, 11) is 0. The van der Waals surface area contributed by atoms with Gasteiger partial charge in [0.1, 0.15) is 11.4 Å². The summed E-state index contributed by atoms with van der Waals surface area (Å²) in [6.07, 6.45) is 1.53. The minimum atomic E-state index is -0.532. The van der Waals surface area contributed by atoms with E-state index < -0.39 is 17.1 Å². The molecule has 1 aromatic heterocycles. The summed E-state index contributed by atoms with van der Waals surface area (Å²) in [5, 5.41) is 8.95. The Morgan fingerprint density at radius 2 is 1.73 bits per heavy atom. The second-order valence-corrected chi connectivity index (χ2v) is 12.6. The minimum Gasteiger partial charge on any atom is -0.494 e. The van der Waals surface area contributed by atoms with E-state index in [4.69, 9.17) is 16.3 Å². The van der Waals surface area contributed by atoms with Crippen molar-refractivity contribution in [2.45, 2.75) is 24.0 Å². The third kappa shape index (κ3) is 8.51. The molecule has 0 aliphatic carbocycles. The Morgan fingerprint density at radius 1 is 0.956 bits per heavy atom. The van der Waals surface area contributed by atoms with Gasteiger partial charge in [-0.2, -0.15) is 0 Å². The summed E-state index contributed by atoms with van der Waals surface area (Å²) < 4.78 is 6.48. The molecule has 0 radical (unpaired) electrons. The third-order valence-electron chi connectivity index (χ3n) is 6.41. The normalized spacial score (nSPS) is 11.9. The fraction of sp³-hybridized carbons (Fsp3) is 0.118. The van der Waals surface area contributed by atoms with Crippen molar-refractivity contribution in [2.75, 3.05) is 17.2 Å². The highest BCUT2D eigenvalue weighted by molar-refractivity contribution is 8.00. The number of hydrogen-bond donors (Lipinski definition) is 3. The van der Waals surface area contributed by atoms with Crippen molar-refractivity contribution in [1.82, 2.24) is 10.3 Å². The summed E-state index contributed by atoms with van der Waals surface area (Å²) in [5.74, 6) is -0.411. The lowest BCUT2D eigenvalue weighted by molar-refractivity contribution is -0.115. The van der Waals surface area contributed by atoms with Gasteiger partial charge in [0.15, 0.2) is 5.13 Å². The summed E-state index contributed by atoms with van der Waals surface area (Å²) in [6, 6.07) is 28.4. The molecule has 0 fully saturated rings. The number of nitrogens with zero attached hydrogens (tertiary/aromatic N) is 1. The largest absolute Gasteiger partial charge is 0.494 e. The van der Waals surface area contributed by atoms with Crippen LogP contribution in [0.2, 0.25) is 5.02 Å². The Balaban J connectivity index is 1.27. The van der Waals surface area contributed by atoms with Gasteiger partial charge >= 0.3 is 0 Å². The zero-order chi connectivity index (χ0) is 31.8. The number of ether oxygens (including phenoxy) is 1. The zero-order valence-corrected chi connectivity index (χ0v) is 26.8. The lowest BCUT2D eigenvalue weighted by Gasteiger charge is -2.14. The fourth-order valence-electron chi connectivity index (χ4n) is 4.22. The first-order valence-electron chi connectivity index (χ1n) is 14.0. The van der Waals surface area contributed by atoms with Crippen LogP contribution < -0.4 is 20.7 Å². The van der Waals surface area contributed by atoms with Crippen LogP contribution >= 0.6 is 34.7 Å². The van der Waals surface area contributed by atoms with Crippen molar-refractivity contribution >= 4 is 79.5 Å². The van der Waals surface area contributed by atoms with E-state index in [0.717, 1.165) is 20.9 Å². The molecule has 11 heteroatoms. The average Bonchev–Trinajstić information content (AvgIpc) is 3.44. The lowest BCUT2D eigenvalue weighted by Crippen LogP contribution is -2.30. The summed E-state index contributed by atoms with van der Waals surface area (Å²) >= 11 is 9.06. The Morgan fingerprint density at radius 3 is 2.51 bits per heavy atom. The van der Waals surface area contributed by atoms with Crippen LogP contribution in [0.1, 0.15) is 29.8 Å². The summed E-state index contributed by atoms with van der Waals surface area (Å²) in [5.41, 5.74) is 2.28. The SMILES string of the molecule is CCOc1ccc2nc(NC(=O)C(C)Sc3cccc(NC(=O)/C(=C\c4ccccc4Cl)NC(=O)c4ccccc4)c3)sc2c1. The molecule has 3 amide bonds. The maximum Gasteiger partial charge on any atom is 0.272 e. The molecule has 8 nitrogen and oxygen atoms in total. The average molecular weight is 657 g/mol. The number of thioether (sulfide) groups is 1. The number of fused-ring (bicyclic) bond motifs is 1. The van der Waals surface area contributed by atoms with Gasteiger partial charge in [0.05, 0.1) is 22.1 Å². The van der Waals surface area contributed by atoms with Crippen LogP contribution in [0, 0.1) is 0 Å². The smallest absolute Gasteiger partial charge is 0.272 e. The van der Waals surface area contributed by atoms with Gasteiger partial charge in [0, 0.05) is 21.2 Å². The quantitative estimate of drug-likeness (QED) is 0.0986. The van der Waals surface area contributed by atoms with Crippen LogP contribution in [0.5, 0.6) is 5.75 Å². The standard InChI is InChI=1S/C34H29ClN4O4S2/c1-3-43-25-16-17-28-30(20-25)45-34(38-28)39-31(40)21(2)44-26-14-9-13-24(19-26)36-33(42)29(18-23-12-7-8-15-27(23)35)37-32(41)22-10-5-4-6-11-22/h4-21H,3H2,1-2H3,(H,36,42)(H,37,41)(H,38,39,40)/b29-18+. The van der Waals surface area contributed by atoms with Gasteiger partial charge in [-0.15, -0.1) is 11.8 Å². The molecule has 4 aromatic carbocycles. The molecular formula is C34H29ClN4O4S2. The number of carbonyl (C=O) groups is 3. The molecule has 0 saturated carbocycles. The second-order valence-electron chi connectivity index (χ2n) is 9.71. The molecule has 0 spiro atoms. The van der Waals surface area contributed by atoms with E-state index in [2.05, 4.69) is 20.9 Å². The molecule has 0 aliphatic heterocycles. The Kier molecular flexibility index (Phi) is 10.5. The van der Waals surface area contributed by atoms with Crippen LogP contribution in [0.3, 0.4) is 0 Å². The van der Waals surface area contributed by atoms with E-state index in [1.165, 1.54) is 29.2 Å². The Labute approximate surface area is 273 Å². The van der Waals surface area contributed by atoms with Crippen LogP contribution in [-0.2, 0) is 9.59 Å². The number of rotatable bonds is 11. The molecule has 228 valence electrons. The highest BCUT2D eigenvalue weighted by Crippen LogP contribution is 2.31. The molecule has 0 saturated heterocycles. The van der Waals surface area contributed by atoms with Gasteiger partial charge in [-0.05, 0) is 80.1 Å². The van der Waals surface area contributed by atoms with Gasteiger partial charge in [0.25, 0.3) is 11.8 Å². The Bertz CT molecular complexity index is 1880. The monoisotopic (exact) mass is 656 g/mol. The van der Waals surface area contributed by atoms with Gasteiger partial charge in [0.2, 0.25) is 5.91 Å². The van der Waals surface area contributed by atoms with Crippen molar-refractivity contribution in [2.24, 2.45) is 0 Å². The molecule has 0 aliphatic rings. The number of carbonyl (C=O) groups excluding carboxylic acids is 3. The molecule has 45 heavy (non-hydrogen) atoms. The lowest BCUT2D eigenvalue weighted by atomic mass is 10.1. The maximum atomic E-state index is 13.4. The van der Waals surface area contributed by atoms with Gasteiger partial charge in [-0.3, -0.25) is 14.4 Å². The first-order chi connectivity index (χ1) is 21.8. The summed E-state index contributed by atoms with van der Waals surface area (Å²) in [4.78, 5) is 44.7. The number of thiazole rings is 1. The molecule has 5 rings (SSSR count). The van der Waals surface area contributed by atoms with Gasteiger partial charge in [-0.1, -0.05) is 65.4 Å². The number of anilines is 2. The van der Waals surface area contributed by atoms with Gasteiger partial charge < -0.3 is 20.7 Å².